The van der Waals surface area contributed by atoms with Crippen LogP contribution in [-0.4, -0.2) is 44.9 Å². The molecule has 0 aliphatic carbocycles. The molecule has 0 bridgehead atoms. The summed E-state index contributed by atoms with van der Waals surface area (Å²) in [6, 6.07) is 160. The van der Waals surface area contributed by atoms with E-state index in [1.165, 1.54) is 83.5 Å². The molecule has 21 aromatic rings. The molecule has 0 aliphatic rings. The standard InChI is InChI=1S/C51H51N3.C42H33N3.C39H27N3/c1-49(2,3)43-28-22-37(23-29-43)34-10-16-40(17-11-34)46-52-47(41-18-12-35(13-19-41)38-24-30-44(31-25-38)50(4,5)6)54-48(53-46)42-20-14-36(15-21-42)39-26-32-45(33-27-39)51(7,8)9;1-28-4-10-31(11-5-28)34-16-22-37(23-17-34)40-43-41(38-24-18-35(19-25-38)32-12-6-29(2)7-13-32)45-42(44-40)39-26-20-36(21-27-39)33-14-8-30(3)9-15-33;1-4-10-28(11-5-1)31-16-22-34(23-17-31)37-40-38(35-24-18-32(19-25-35)29-12-6-2-7-13-29)42-39(41-37)36-26-20-33(21-27-36)30-14-8-3-9-15-30/h10-33H,1-9H3;4-27H,1-3H3;1-27H. The highest BCUT2D eigenvalue weighted by Crippen LogP contribution is 2.39. The van der Waals surface area contributed by atoms with E-state index in [9.17, 15) is 0 Å². The largest absolute Gasteiger partial charge is 0.208 e. The van der Waals surface area contributed by atoms with Crippen LogP contribution in [0, 0.1) is 20.8 Å². The van der Waals surface area contributed by atoms with Crippen LogP contribution >= 0.6 is 0 Å². The van der Waals surface area contributed by atoms with Crippen LogP contribution in [0.4, 0.5) is 0 Å². The third-order valence-corrected chi connectivity index (χ3v) is 25.9. The molecule has 21 rings (SSSR count). The Kier molecular flexibility index (Phi) is 27.1. The minimum atomic E-state index is 0.118. The number of nitrogens with zero attached hydrogens (tertiary/aromatic N) is 9. The lowest BCUT2D eigenvalue weighted by molar-refractivity contribution is 0.590. The third-order valence-electron chi connectivity index (χ3n) is 25.9. The average molecular weight is 1820 g/mol. The molecule has 141 heavy (non-hydrogen) atoms. The predicted molar refractivity (Wildman–Crippen MR) is 588 cm³/mol. The Balaban J connectivity index is 0.000000136. The quantitative estimate of drug-likeness (QED) is 0.0828. The van der Waals surface area contributed by atoms with Crippen LogP contribution in [0.5, 0.6) is 0 Å². The molecule has 18 aromatic carbocycles. The minimum absolute atomic E-state index is 0.118. The molecule has 0 radical (unpaired) electrons. The molecule has 684 valence electrons. The van der Waals surface area contributed by atoms with E-state index in [0.717, 1.165) is 100 Å². The zero-order chi connectivity index (χ0) is 97.1. The Bertz CT molecular complexity index is 7040. The fraction of sp³-hybridized carbons (Fsp3) is 0.114. The summed E-state index contributed by atoms with van der Waals surface area (Å²) in [5.74, 6) is 5.83. The van der Waals surface area contributed by atoms with Gasteiger partial charge < -0.3 is 0 Å². The summed E-state index contributed by atoms with van der Waals surface area (Å²) in [7, 11) is 0. The van der Waals surface area contributed by atoms with Crippen LogP contribution < -0.4 is 0 Å². The van der Waals surface area contributed by atoms with Gasteiger partial charge in [0.25, 0.3) is 0 Å². The van der Waals surface area contributed by atoms with Gasteiger partial charge in [-0.1, -0.05) is 534 Å². The highest BCUT2D eigenvalue weighted by atomic mass is 15.1. The first kappa shape index (κ1) is 93.0. The molecule has 3 aromatic heterocycles. The SMILES string of the molecule is CC(C)(C)c1ccc(-c2ccc(-c3nc(-c4ccc(-c5ccc(C(C)(C)C)cc5)cc4)nc(-c4ccc(-c5ccc(C(C)(C)C)cc5)cc4)n3)cc2)cc1.Cc1ccc(-c2ccc(-c3nc(-c4ccc(-c5ccc(C)cc5)cc4)nc(-c4ccc(-c5ccc(C)cc5)cc4)n3)cc2)cc1.c1ccc(-c2ccc(-c3nc(-c4ccc(-c5ccccc5)cc4)nc(-c4ccc(-c5ccccc5)cc4)n3)cc2)cc1. The van der Waals surface area contributed by atoms with Gasteiger partial charge in [-0.2, -0.15) is 0 Å². The lowest BCUT2D eigenvalue weighted by Gasteiger charge is -2.19. The number of hydrogen-bond acceptors (Lipinski definition) is 9. The zero-order valence-electron chi connectivity index (χ0n) is 81.8. The summed E-state index contributed by atoms with van der Waals surface area (Å²) in [5.41, 5.74) is 37.7. The molecule has 0 spiro atoms. The van der Waals surface area contributed by atoms with Gasteiger partial charge in [-0.3, -0.25) is 0 Å². The molecule has 0 amide bonds. The Morgan fingerprint density at radius 1 is 0.106 bits per heavy atom. The summed E-state index contributed by atoms with van der Waals surface area (Å²) in [4.78, 5) is 44.9. The van der Waals surface area contributed by atoms with Gasteiger partial charge in [-0.05, 0) is 154 Å². The van der Waals surface area contributed by atoms with Gasteiger partial charge in [0.05, 0.1) is 0 Å². The van der Waals surface area contributed by atoms with Gasteiger partial charge in [0.2, 0.25) is 0 Å². The van der Waals surface area contributed by atoms with Crippen molar-refractivity contribution in [2.45, 2.75) is 99.3 Å². The van der Waals surface area contributed by atoms with Gasteiger partial charge in [-0.25, -0.2) is 44.9 Å². The number of benzene rings is 18. The molecule has 0 N–H and O–H groups in total. The fourth-order valence-electron chi connectivity index (χ4n) is 17.2. The van der Waals surface area contributed by atoms with Crippen molar-refractivity contribution in [2.75, 3.05) is 0 Å². The summed E-state index contributed by atoms with van der Waals surface area (Å²) >= 11 is 0. The van der Waals surface area contributed by atoms with Crippen LogP contribution in [0.3, 0.4) is 0 Å². The topological polar surface area (TPSA) is 116 Å². The maximum absolute atomic E-state index is 5.05. The molecule has 0 saturated heterocycles. The number of aromatic nitrogens is 9. The van der Waals surface area contributed by atoms with Crippen molar-refractivity contribution in [3.05, 3.63) is 488 Å². The van der Waals surface area contributed by atoms with Gasteiger partial charge in [0.1, 0.15) is 0 Å². The second-order valence-corrected chi connectivity index (χ2v) is 39.3. The van der Waals surface area contributed by atoms with E-state index in [4.69, 9.17) is 44.9 Å². The van der Waals surface area contributed by atoms with E-state index in [1.807, 2.05) is 18.2 Å². The van der Waals surface area contributed by atoms with Crippen LogP contribution in [0.25, 0.3) is 203 Å². The molecule has 0 saturated carbocycles. The van der Waals surface area contributed by atoms with Crippen LogP contribution in [-0.2, 0) is 16.2 Å². The fourth-order valence-corrected chi connectivity index (χ4v) is 17.2. The predicted octanol–water partition coefficient (Wildman–Crippen LogP) is 34.4. The first-order chi connectivity index (χ1) is 68.4. The minimum Gasteiger partial charge on any atom is -0.208 e. The van der Waals surface area contributed by atoms with E-state index in [2.05, 4.69) is 520 Å². The summed E-state index contributed by atoms with van der Waals surface area (Å²) in [6.45, 7) is 26.5. The molecule has 9 nitrogen and oxygen atoms in total. The first-order valence-corrected chi connectivity index (χ1v) is 48.3. The lowest BCUT2D eigenvalue weighted by Crippen LogP contribution is -2.10. The van der Waals surface area contributed by atoms with Crippen molar-refractivity contribution in [1.82, 2.24) is 44.9 Å². The first-order valence-electron chi connectivity index (χ1n) is 48.3. The molecule has 0 fully saturated rings. The Morgan fingerprint density at radius 2 is 0.199 bits per heavy atom. The molecule has 0 unspecified atom stereocenters. The maximum atomic E-state index is 5.05. The number of rotatable bonds is 18. The molecule has 0 aliphatic heterocycles. The van der Waals surface area contributed by atoms with E-state index in [1.54, 1.807) is 0 Å². The summed E-state index contributed by atoms with van der Waals surface area (Å²) < 4.78 is 0. The van der Waals surface area contributed by atoms with Gasteiger partial charge in [0, 0.05) is 50.1 Å². The number of hydrogen-bond donors (Lipinski definition) is 0. The van der Waals surface area contributed by atoms with Gasteiger partial charge >= 0.3 is 0 Å². The third kappa shape index (κ3) is 22.5. The highest BCUT2D eigenvalue weighted by molar-refractivity contribution is 5.80. The Labute approximate surface area is 829 Å². The molecule has 3 heterocycles. The van der Waals surface area contributed by atoms with Crippen molar-refractivity contribution >= 4 is 0 Å². The highest BCUT2D eigenvalue weighted by Gasteiger charge is 2.22. The lowest BCUT2D eigenvalue weighted by atomic mass is 9.86. The van der Waals surface area contributed by atoms with Crippen molar-refractivity contribution < 1.29 is 0 Å². The van der Waals surface area contributed by atoms with Crippen molar-refractivity contribution in [1.29, 1.82) is 0 Å². The number of aryl methyl sites for hydroxylation is 3. The van der Waals surface area contributed by atoms with E-state index in [-0.39, 0.29) is 16.2 Å². The van der Waals surface area contributed by atoms with Crippen LogP contribution in [0.1, 0.15) is 95.7 Å². The second kappa shape index (κ2) is 41.1. The van der Waals surface area contributed by atoms with Gasteiger partial charge in [-0.15, -0.1) is 0 Å². The zero-order valence-corrected chi connectivity index (χ0v) is 81.8. The van der Waals surface area contributed by atoms with Crippen molar-refractivity contribution in [3.8, 4) is 203 Å². The summed E-state index contributed by atoms with van der Waals surface area (Å²) in [5, 5.41) is 0. The molecule has 0 atom stereocenters. The van der Waals surface area contributed by atoms with E-state index in [0.29, 0.717) is 52.4 Å². The average Bonchev–Trinajstić information content (AvgIpc) is 0.794. The molecular weight excluding hydrogens is 1710 g/mol. The van der Waals surface area contributed by atoms with E-state index >= 15 is 0 Å². The Morgan fingerprint density at radius 3 is 0.312 bits per heavy atom. The second-order valence-electron chi connectivity index (χ2n) is 39.3. The van der Waals surface area contributed by atoms with Gasteiger partial charge in [0.15, 0.2) is 52.4 Å². The van der Waals surface area contributed by atoms with Crippen LogP contribution in [0.15, 0.2) is 455 Å². The maximum Gasteiger partial charge on any atom is 0.164 e. The smallest absolute Gasteiger partial charge is 0.164 e. The normalized spacial score (nSPS) is 11.4. The molecular formula is C132H111N9. The van der Waals surface area contributed by atoms with E-state index < -0.39 is 0 Å². The summed E-state index contributed by atoms with van der Waals surface area (Å²) in [6.07, 6.45) is 0. The van der Waals surface area contributed by atoms with Crippen molar-refractivity contribution in [3.63, 3.8) is 0 Å². The molecule has 9 heteroatoms. The van der Waals surface area contributed by atoms with Crippen LogP contribution in [0.2, 0.25) is 0 Å². The van der Waals surface area contributed by atoms with Crippen molar-refractivity contribution in [2.24, 2.45) is 0 Å². The Hall–Kier alpha value is -17.0. The monoisotopic (exact) mass is 1820 g/mol.